The fourth-order valence-corrected chi connectivity index (χ4v) is 2.51. The second kappa shape index (κ2) is 7.18. The van der Waals surface area contributed by atoms with Crippen LogP contribution in [0, 0.1) is 5.92 Å². The first-order valence-corrected chi connectivity index (χ1v) is 7.04. The summed E-state index contributed by atoms with van der Waals surface area (Å²) in [6.07, 6.45) is -2.58. The number of anilines is 1. The average molecular weight is 309 g/mol. The summed E-state index contributed by atoms with van der Waals surface area (Å²) in [7, 11) is 0. The van der Waals surface area contributed by atoms with Crippen molar-refractivity contribution in [3.63, 3.8) is 0 Å². The molecule has 3 N–H and O–H groups in total. The topological polar surface area (TPSA) is 38.0 Å². The Kier molecular flexibility index (Phi) is 6.14. The number of nitrogens with two attached hydrogens (primary N) is 1. The maximum absolute atomic E-state index is 12.7. The fraction of sp³-hybridized carbons (Fsp3) is 0.571. The molecule has 0 saturated heterocycles. The van der Waals surface area contributed by atoms with Crippen molar-refractivity contribution in [1.29, 1.82) is 0 Å². The Balaban J connectivity index is 2.99. The third-order valence-electron chi connectivity index (χ3n) is 3.45. The van der Waals surface area contributed by atoms with E-state index in [2.05, 4.69) is 5.32 Å². The van der Waals surface area contributed by atoms with Crippen LogP contribution < -0.4 is 11.1 Å². The highest BCUT2D eigenvalue weighted by atomic mass is 35.5. The molecule has 0 amide bonds. The molecule has 20 heavy (non-hydrogen) atoms. The van der Waals surface area contributed by atoms with Crippen molar-refractivity contribution in [3.8, 4) is 0 Å². The van der Waals surface area contributed by atoms with Crippen LogP contribution in [0.1, 0.15) is 32.3 Å². The van der Waals surface area contributed by atoms with E-state index in [9.17, 15) is 13.2 Å². The predicted octanol–water partition coefficient (Wildman–Crippen LogP) is 4.53. The van der Waals surface area contributed by atoms with Crippen LogP contribution in [-0.4, -0.2) is 12.6 Å². The molecule has 1 rings (SSSR count). The molecule has 2 nitrogen and oxygen atoms in total. The minimum atomic E-state index is -4.41. The SMILES string of the molecule is CCC(CC)C(CN)Nc1cc(Cl)cc(C(F)(F)F)c1. The summed E-state index contributed by atoms with van der Waals surface area (Å²) in [5.74, 6) is 0.313. The Morgan fingerprint density at radius 1 is 1.20 bits per heavy atom. The van der Waals surface area contributed by atoms with Gasteiger partial charge in [-0.2, -0.15) is 13.2 Å². The lowest BCUT2D eigenvalue weighted by Gasteiger charge is -2.26. The summed E-state index contributed by atoms with van der Waals surface area (Å²) in [6, 6.07) is 3.41. The van der Waals surface area contributed by atoms with Crippen molar-refractivity contribution in [2.75, 3.05) is 11.9 Å². The summed E-state index contributed by atoms with van der Waals surface area (Å²) < 4.78 is 38.2. The highest BCUT2D eigenvalue weighted by Crippen LogP contribution is 2.33. The zero-order valence-electron chi connectivity index (χ0n) is 11.6. The van der Waals surface area contributed by atoms with Crippen LogP contribution in [0.15, 0.2) is 18.2 Å². The smallest absolute Gasteiger partial charge is 0.381 e. The molecular formula is C14H20ClF3N2. The molecule has 114 valence electrons. The Morgan fingerprint density at radius 3 is 2.25 bits per heavy atom. The van der Waals surface area contributed by atoms with Gasteiger partial charge in [-0.05, 0) is 24.1 Å². The zero-order chi connectivity index (χ0) is 15.3. The first-order valence-electron chi connectivity index (χ1n) is 6.66. The van der Waals surface area contributed by atoms with Gasteiger partial charge in [0.05, 0.1) is 5.56 Å². The van der Waals surface area contributed by atoms with Gasteiger partial charge in [-0.3, -0.25) is 0 Å². The van der Waals surface area contributed by atoms with Crippen molar-refractivity contribution in [2.24, 2.45) is 11.7 Å². The Bertz CT molecular complexity index is 431. The van der Waals surface area contributed by atoms with E-state index in [1.165, 1.54) is 6.07 Å². The number of benzene rings is 1. The van der Waals surface area contributed by atoms with Crippen LogP contribution in [-0.2, 0) is 6.18 Å². The largest absolute Gasteiger partial charge is 0.416 e. The van der Waals surface area contributed by atoms with E-state index in [-0.39, 0.29) is 11.1 Å². The quantitative estimate of drug-likeness (QED) is 0.810. The van der Waals surface area contributed by atoms with Gasteiger partial charge in [-0.1, -0.05) is 38.3 Å². The predicted molar refractivity (Wildman–Crippen MR) is 77.0 cm³/mol. The molecule has 0 saturated carbocycles. The Morgan fingerprint density at radius 2 is 1.80 bits per heavy atom. The van der Waals surface area contributed by atoms with Crippen LogP contribution >= 0.6 is 11.6 Å². The van der Waals surface area contributed by atoms with Crippen LogP contribution in [0.4, 0.5) is 18.9 Å². The molecule has 0 radical (unpaired) electrons. The number of hydrogen-bond donors (Lipinski definition) is 2. The number of rotatable bonds is 6. The minimum Gasteiger partial charge on any atom is -0.381 e. The average Bonchev–Trinajstić information content (AvgIpc) is 2.37. The molecule has 6 heteroatoms. The van der Waals surface area contributed by atoms with Gasteiger partial charge in [0.1, 0.15) is 0 Å². The molecule has 1 unspecified atom stereocenters. The van der Waals surface area contributed by atoms with Crippen molar-refractivity contribution in [2.45, 2.75) is 38.9 Å². The van der Waals surface area contributed by atoms with Gasteiger partial charge in [0.2, 0.25) is 0 Å². The molecule has 0 spiro atoms. The second-order valence-electron chi connectivity index (χ2n) is 4.79. The maximum atomic E-state index is 12.7. The maximum Gasteiger partial charge on any atom is 0.416 e. The van der Waals surface area contributed by atoms with Gasteiger partial charge >= 0.3 is 6.18 Å². The Hall–Kier alpha value is -0.940. The number of halogens is 4. The molecule has 0 aliphatic heterocycles. The van der Waals surface area contributed by atoms with E-state index in [1.807, 2.05) is 13.8 Å². The summed E-state index contributed by atoms with van der Waals surface area (Å²) in [5, 5.41) is 3.13. The van der Waals surface area contributed by atoms with E-state index < -0.39 is 11.7 Å². The summed E-state index contributed by atoms with van der Waals surface area (Å²) in [6.45, 7) is 4.44. The molecule has 0 aliphatic rings. The molecule has 0 aliphatic carbocycles. The lowest BCUT2D eigenvalue weighted by molar-refractivity contribution is -0.137. The monoisotopic (exact) mass is 308 g/mol. The lowest BCUT2D eigenvalue weighted by Crippen LogP contribution is -2.36. The van der Waals surface area contributed by atoms with E-state index in [0.717, 1.165) is 25.0 Å². The van der Waals surface area contributed by atoms with Gasteiger partial charge in [0.15, 0.2) is 0 Å². The van der Waals surface area contributed by atoms with Crippen molar-refractivity contribution < 1.29 is 13.2 Å². The number of alkyl halides is 3. The molecule has 0 aromatic heterocycles. The van der Waals surface area contributed by atoms with Crippen molar-refractivity contribution in [3.05, 3.63) is 28.8 Å². The van der Waals surface area contributed by atoms with E-state index in [1.54, 1.807) is 0 Å². The van der Waals surface area contributed by atoms with Crippen molar-refractivity contribution in [1.82, 2.24) is 0 Å². The highest BCUT2D eigenvalue weighted by molar-refractivity contribution is 6.30. The number of nitrogens with one attached hydrogen (secondary N) is 1. The summed E-state index contributed by atoms with van der Waals surface area (Å²) >= 11 is 5.76. The van der Waals surface area contributed by atoms with Crippen LogP contribution in [0.25, 0.3) is 0 Å². The number of hydrogen-bond acceptors (Lipinski definition) is 2. The molecule has 1 aromatic carbocycles. The summed E-state index contributed by atoms with van der Waals surface area (Å²) in [4.78, 5) is 0. The standard InChI is InChI=1S/C14H20ClF3N2/c1-3-9(4-2)13(8-19)20-12-6-10(14(16,17)18)5-11(15)7-12/h5-7,9,13,20H,3-4,8,19H2,1-2H3. The summed E-state index contributed by atoms with van der Waals surface area (Å²) in [5.41, 5.74) is 5.31. The molecule has 1 atom stereocenters. The van der Waals surface area contributed by atoms with Gasteiger partial charge in [-0.15, -0.1) is 0 Å². The molecular weight excluding hydrogens is 289 g/mol. The fourth-order valence-electron chi connectivity index (χ4n) is 2.28. The van der Waals surface area contributed by atoms with Crippen LogP contribution in [0.3, 0.4) is 0 Å². The Labute approximate surface area is 122 Å². The van der Waals surface area contributed by atoms with Crippen molar-refractivity contribution >= 4 is 17.3 Å². The third kappa shape index (κ3) is 4.56. The molecule has 0 fully saturated rings. The normalized spacial score (nSPS) is 13.6. The van der Waals surface area contributed by atoms with E-state index in [4.69, 9.17) is 17.3 Å². The van der Waals surface area contributed by atoms with E-state index >= 15 is 0 Å². The van der Waals surface area contributed by atoms with Crippen LogP contribution in [0.2, 0.25) is 5.02 Å². The van der Waals surface area contributed by atoms with Gasteiger partial charge in [0.25, 0.3) is 0 Å². The first kappa shape index (κ1) is 17.1. The van der Waals surface area contributed by atoms with Gasteiger partial charge in [-0.25, -0.2) is 0 Å². The first-order chi connectivity index (χ1) is 9.31. The minimum absolute atomic E-state index is 0.0580. The lowest BCUT2D eigenvalue weighted by atomic mass is 9.94. The molecule has 0 heterocycles. The zero-order valence-corrected chi connectivity index (χ0v) is 12.4. The molecule has 0 bridgehead atoms. The third-order valence-corrected chi connectivity index (χ3v) is 3.67. The highest BCUT2D eigenvalue weighted by Gasteiger charge is 2.31. The van der Waals surface area contributed by atoms with Gasteiger partial charge < -0.3 is 11.1 Å². The second-order valence-corrected chi connectivity index (χ2v) is 5.23. The van der Waals surface area contributed by atoms with Crippen LogP contribution in [0.5, 0.6) is 0 Å². The molecule has 1 aromatic rings. The van der Waals surface area contributed by atoms with Gasteiger partial charge in [0, 0.05) is 23.3 Å². The van der Waals surface area contributed by atoms with E-state index in [0.29, 0.717) is 18.2 Å².